The Kier molecular flexibility index (Phi) is 28.3. The Hall–Kier alpha value is -8.63. The molecule has 0 unspecified atom stereocenters. The molecule has 24 nitrogen and oxygen atoms in total. The molecule has 3 aliphatic rings. The smallest absolute Gasteiger partial charge is 0.286 e. The van der Waals surface area contributed by atoms with Gasteiger partial charge in [0.05, 0.1) is 111 Å². The molecule has 9 heterocycles. The van der Waals surface area contributed by atoms with Crippen LogP contribution >= 0.6 is 126 Å². The summed E-state index contributed by atoms with van der Waals surface area (Å²) in [6.07, 6.45) is 1.51. The van der Waals surface area contributed by atoms with E-state index in [1.807, 2.05) is 55.5 Å². The van der Waals surface area contributed by atoms with E-state index in [0.717, 1.165) is 44.8 Å². The van der Waals surface area contributed by atoms with Gasteiger partial charge in [0.25, 0.3) is 17.7 Å². The van der Waals surface area contributed by atoms with E-state index in [4.69, 9.17) is 101 Å². The van der Waals surface area contributed by atoms with E-state index in [1.165, 1.54) is 43.1 Å². The number of aromatic nitrogens is 6. The highest BCUT2D eigenvalue weighted by molar-refractivity contribution is 14.1. The minimum absolute atomic E-state index is 0.00893. The van der Waals surface area contributed by atoms with Crippen molar-refractivity contribution < 1.29 is 35.4 Å². The molecule has 112 heavy (non-hydrogen) atoms. The third kappa shape index (κ3) is 20.8. The molecule has 574 valence electrons. The van der Waals surface area contributed by atoms with Crippen molar-refractivity contribution in [2.75, 3.05) is 86.9 Å². The van der Waals surface area contributed by atoms with Crippen molar-refractivity contribution in [2.45, 2.75) is 26.2 Å². The van der Waals surface area contributed by atoms with Gasteiger partial charge in [-0.3, -0.25) is 34.9 Å². The van der Waals surface area contributed by atoms with Crippen LogP contribution in [0.1, 0.15) is 66.5 Å². The summed E-state index contributed by atoms with van der Waals surface area (Å²) in [6.45, 7) is 33.6. The molecule has 3 aliphatic heterocycles. The van der Waals surface area contributed by atoms with Gasteiger partial charge in [0.15, 0.2) is 36.8 Å². The monoisotopic (exact) mass is 1840 g/mol. The third-order valence-corrected chi connectivity index (χ3v) is 27.7. The molecule has 13 rings (SSSR count). The lowest BCUT2D eigenvalue weighted by atomic mass is 10.0. The zero-order valence-electron chi connectivity index (χ0n) is 58.9. The van der Waals surface area contributed by atoms with Gasteiger partial charge in [-0.25, -0.2) is 68.7 Å². The molecular formula is C75H61Cl6IN16O8S6. The van der Waals surface area contributed by atoms with E-state index in [9.17, 15) is 35.4 Å². The third-order valence-electron chi connectivity index (χ3n) is 17.1. The number of nitrogens with zero attached hydrogens (tertiary/aromatic N) is 13. The van der Waals surface area contributed by atoms with E-state index in [2.05, 4.69) is 98.0 Å². The van der Waals surface area contributed by atoms with Gasteiger partial charge in [0.1, 0.15) is 0 Å². The standard InChI is InChI=1S/C31H27Cl2N5O3S2.C24H18Cl2N6O3S2.C20H16Cl2IN5O2S2/c1-3-25-29(31(39)36-37-16-18-43(40,41)19-17-37)35-38(27-13-11-23(32)20-26(27)33)30(25)22-9-7-21(8-10-22)28-14-12-24(42-28)6-4-5-15-34-2;1-27-10-4-3-5-17-7-9-20(36-17)23-21(28-2)22(24(33)30-31-11-13-37(34,35)14-12-31)29-32(23)19-8-6-16(25)15-18(19)26;1-24-17-18(20(29)26-27-7-9-32(2,30)10-8-27)25-28(14-4-3-12(21)11-13(14)22)19(17)15-5-6-16(23)31-15/h7-14,20H,3,5,15-19H2,1H3,(H,36,39);6-9,15H,4,10-14H2,(H,30,33);3-6,11H,2,7-10H2,(H,26,29). The summed E-state index contributed by atoms with van der Waals surface area (Å²) >= 11 is 44.4. The normalized spacial score (nSPS) is 15.0. The molecule has 0 bridgehead atoms. The Labute approximate surface area is 702 Å². The number of hydrogen-bond acceptors (Lipinski definition) is 17. The fourth-order valence-corrected chi connectivity index (χ4v) is 20.1. The van der Waals surface area contributed by atoms with Crippen molar-refractivity contribution in [1.29, 1.82) is 0 Å². The average Bonchev–Trinajstić information content (AvgIpc) is 1.63. The van der Waals surface area contributed by atoms with Crippen LogP contribution in [0.3, 0.4) is 0 Å². The molecule has 0 aliphatic carbocycles. The van der Waals surface area contributed by atoms with Crippen molar-refractivity contribution in [3.8, 4) is 83.6 Å². The quantitative estimate of drug-likeness (QED) is 0.0267. The Bertz CT molecular complexity index is 5960. The lowest BCUT2D eigenvalue weighted by Gasteiger charge is -2.28. The minimum Gasteiger partial charge on any atom is -0.316 e. The van der Waals surface area contributed by atoms with Gasteiger partial charge >= 0.3 is 0 Å². The second-order valence-corrected chi connectivity index (χ2v) is 39.7. The maximum absolute atomic E-state index is 13.5. The first-order valence-corrected chi connectivity index (χ1v) is 45.2. The molecule has 0 atom stereocenters. The Balaban J connectivity index is 0.000000168. The van der Waals surface area contributed by atoms with Gasteiger partial charge in [0.2, 0.25) is 24.5 Å². The molecule has 0 saturated carbocycles. The van der Waals surface area contributed by atoms with Crippen molar-refractivity contribution in [1.82, 2.24) is 60.6 Å². The highest BCUT2D eigenvalue weighted by Gasteiger charge is 2.34. The second kappa shape index (κ2) is 37.6. The fraction of sp³-hybridized carbons (Fsp3) is 0.240. The molecule has 4 aromatic carbocycles. The van der Waals surface area contributed by atoms with Crippen molar-refractivity contribution >= 4 is 190 Å². The van der Waals surface area contributed by atoms with Gasteiger partial charge < -0.3 is 9.69 Å². The number of halogens is 7. The number of sulfone groups is 2. The zero-order chi connectivity index (χ0) is 80.2. The summed E-state index contributed by atoms with van der Waals surface area (Å²) in [6, 6.07) is 34.3. The largest absolute Gasteiger partial charge is 0.316 e. The molecule has 3 saturated heterocycles. The summed E-state index contributed by atoms with van der Waals surface area (Å²) in [4.78, 5) is 57.9. The maximum atomic E-state index is 13.5. The van der Waals surface area contributed by atoms with Crippen LogP contribution in [-0.4, -0.2) is 176 Å². The number of hydrogen-bond donors (Lipinski definition) is 3. The van der Waals surface area contributed by atoms with Crippen LogP contribution in [-0.2, 0) is 35.6 Å². The fourth-order valence-electron chi connectivity index (χ4n) is 11.5. The van der Waals surface area contributed by atoms with Gasteiger partial charge in [-0.1, -0.05) is 124 Å². The van der Waals surface area contributed by atoms with Crippen molar-refractivity contribution in [3.63, 3.8) is 0 Å². The molecule has 37 heteroatoms. The van der Waals surface area contributed by atoms with Crippen LogP contribution < -0.4 is 16.3 Å². The van der Waals surface area contributed by atoms with Crippen LogP contribution in [0.2, 0.25) is 30.1 Å². The maximum Gasteiger partial charge on any atom is 0.286 e. The summed E-state index contributed by atoms with van der Waals surface area (Å²) in [5.41, 5.74) is 14.2. The zero-order valence-corrected chi connectivity index (χ0v) is 70.5. The SMILES string of the molecule is [C-]#[N+]CCC#Cc1ccc(-c2c([N+]#[C-])c(C(=O)NN3CCS(=O)(=O)CC3)nn2-c2ccc(Cl)cc2Cl)s1.[C-]#[N+]CCC#Cc1ccc(-c2ccc(-c3c(CC)c(C(=O)NN4CCS(=O)(=O)CC4)nn3-c3ccc(Cl)cc3Cl)cc2)s1.[C-]#[N+]c1c(C(=O)NN2CCS(=C)(=O)CC2)nn(-c2ccc(Cl)cc2Cl)c1-c1ccc(I)s1. The van der Waals surface area contributed by atoms with Crippen LogP contribution in [0.15, 0.2) is 115 Å². The molecule has 3 N–H and O–H groups in total. The number of amides is 3. The number of carbonyl (C=O) groups excluding carboxylic acids is 3. The second-order valence-electron chi connectivity index (χ2n) is 24.7. The van der Waals surface area contributed by atoms with Gasteiger partial charge in [0, 0.05) is 91.6 Å². The topological polar surface area (TPSA) is 253 Å². The van der Waals surface area contributed by atoms with E-state index < -0.39 is 46.9 Å². The van der Waals surface area contributed by atoms with Gasteiger partial charge in [-0.05, 0) is 141 Å². The van der Waals surface area contributed by atoms with Gasteiger partial charge in [-0.15, -0.1) is 34.0 Å². The first kappa shape index (κ1) is 84.3. The number of thiophene rings is 3. The van der Waals surface area contributed by atoms with Crippen molar-refractivity contribution in [3.05, 3.63) is 226 Å². The Morgan fingerprint density at radius 2 is 0.857 bits per heavy atom. The van der Waals surface area contributed by atoms with Gasteiger partial charge in [-0.2, -0.15) is 15.3 Å². The number of carbonyl (C=O) groups is 3. The number of benzene rings is 4. The van der Waals surface area contributed by atoms with E-state index in [0.29, 0.717) is 115 Å². The molecule has 0 radical (unpaired) electrons. The van der Waals surface area contributed by atoms with E-state index in [-0.39, 0.29) is 82.7 Å². The summed E-state index contributed by atoms with van der Waals surface area (Å²) in [5, 5.41) is 20.9. The number of rotatable bonds is 16. The predicted molar refractivity (Wildman–Crippen MR) is 456 cm³/mol. The first-order chi connectivity index (χ1) is 53.6. The van der Waals surface area contributed by atoms with Crippen molar-refractivity contribution in [2.24, 2.45) is 0 Å². The summed E-state index contributed by atoms with van der Waals surface area (Å²) < 4.78 is 64.9. The van der Waals surface area contributed by atoms with Crippen LogP contribution in [0.25, 0.3) is 79.3 Å². The van der Waals surface area contributed by atoms with Crippen LogP contribution in [0, 0.1) is 52.9 Å². The molecule has 3 fully saturated rings. The summed E-state index contributed by atoms with van der Waals surface area (Å²) in [7, 11) is -8.32. The van der Waals surface area contributed by atoms with E-state index in [1.54, 1.807) is 86.7 Å². The van der Waals surface area contributed by atoms with Crippen LogP contribution in [0.4, 0.5) is 11.4 Å². The number of hydrazine groups is 3. The molecule has 0 spiro atoms. The predicted octanol–water partition coefficient (Wildman–Crippen LogP) is 15.4. The number of nitrogens with one attached hydrogen (secondary N) is 3. The molecular weight excluding hydrogens is 1780 g/mol. The highest BCUT2D eigenvalue weighted by Crippen LogP contribution is 2.44. The molecule has 6 aromatic heterocycles. The molecule has 10 aromatic rings. The Morgan fingerprint density at radius 1 is 0.491 bits per heavy atom. The summed E-state index contributed by atoms with van der Waals surface area (Å²) in [5.74, 6) is 14.9. The van der Waals surface area contributed by atoms with E-state index >= 15 is 0 Å². The van der Waals surface area contributed by atoms with Crippen LogP contribution in [0.5, 0.6) is 0 Å². The molecule has 3 amide bonds. The lowest BCUT2D eigenvalue weighted by molar-refractivity contribution is 0.0789. The first-order valence-electron chi connectivity index (χ1n) is 33.7. The minimum atomic E-state index is -3.13. The Morgan fingerprint density at radius 3 is 1.25 bits per heavy atom. The lowest BCUT2D eigenvalue weighted by Crippen LogP contribution is -2.50. The average molecular weight is 1850 g/mol. The highest BCUT2D eigenvalue weighted by atomic mass is 127.